The van der Waals surface area contributed by atoms with Crippen LogP contribution in [0.5, 0.6) is 0 Å². The van der Waals surface area contributed by atoms with Gasteiger partial charge in [0.2, 0.25) is 5.91 Å². The van der Waals surface area contributed by atoms with E-state index >= 15 is 0 Å². The average Bonchev–Trinajstić information content (AvgIpc) is 3.00. The predicted octanol–water partition coefficient (Wildman–Crippen LogP) is 2.64. The summed E-state index contributed by atoms with van der Waals surface area (Å²) in [4.78, 5) is 34.1. The van der Waals surface area contributed by atoms with E-state index in [1.165, 1.54) is 4.90 Å². The summed E-state index contributed by atoms with van der Waals surface area (Å²) in [6.45, 7) is 0.814. The molecule has 1 aromatic carbocycles. The predicted molar refractivity (Wildman–Crippen MR) is 103 cm³/mol. The third kappa shape index (κ3) is 3.73. The van der Waals surface area contributed by atoms with Crippen LogP contribution in [-0.2, 0) is 17.6 Å². The molecule has 2 N–H and O–H groups in total. The van der Waals surface area contributed by atoms with Crippen LogP contribution in [0.15, 0.2) is 24.3 Å². The van der Waals surface area contributed by atoms with Crippen molar-refractivity contribution in [3.63, 3.8) is 0 Å². The van der Waals surface area contributed by atoms with E-state index in [0.717, 1.165) is 48.3 Å². The second-order valence-electron chi connectivity index (χ2n) is 6.67. The zero-order valence-corrected chi connectivity index (χ0v) is 15.6. The van der Waals surface area contributed by atoms with Gasteiger partial charge in [0.15, 0.2) is 5.82 Å². The third-order valence-electron chi connectivity index (χ3n) is 4.83. The van der Waals surface area contributed by atoms with Gasteiger partial charge in [-0.1, -0.05) is 23.7 Å². The molecule has 1 aromatic heterocycles. The zero-order valence-electron chi connectivity index (χ0n) is 14.8. The second kappa shape index (κ2) is 7.52. The van der Waals surface area contributed by atoms with Crippen LogP contribution in [0.3, 0.4) is 0 Å². The monoisotopic (exact) mass is 385 g/mol. The first kappa shape index (κ1) is 17.7. The molecule has 0 unspecified atom stereocenters. The Hall–Kier alpha value is -2.67. The summed E-state index contributed by atoms with van der Waals surface area (Å²) in [5, 5.41) is 6.47. The maximum atomic E-state index is 11.7. The second-order valence-corrected chi connectivity index (χ2v) is 7.11. The Morgan fingerprint density at radius 3 is 2.81 bits per heavy atom. The molecular formula is C19H20ClN5O2. The number of fused-ring (bicyclic) bond motifs is 1. The molecule has 140 valence electrons. The normalized spacial score (nSPS) is 16.3. The molecule has 0 radical (unpaired) electrons. The number of aromatic nitrogens is 2. The fourth-order valence-electron chi connectivity index (χ4n) is 3.46. The lowest BCUT2D eigenvalue weighted by molar-refractivity contribution is -0.124. The number of nitrogens with zero attached hydrogens (tertiary/aromatic N) is 3. The molecule has 1 aliphatic heterocycles. The van der Waals surface area contributed by atoms with E-state index in [1.807, 2.05) is 24.3 Å². The van der Waals surface area contributed by atoms with Crippen LogP contribution in [0.4, 0.5) is 10.6 Å². The summed E-state index contributed by atoms with van der Waals surface area (Å²) in [5.74, 6) is 1.21. The molecular weight excluding hydrogens is 366 g/mol. The fraction of sp³-hybridized carbons (Fsp3) is 0.368. The van der Waals surface area contributed by atoms with Gasteiger partial charge in [-0.3, -0.25) is 9.69 Å². The van der Waals surface area contributed by atoms with Gasteiger partial charge in [-0.05, 0) is 37.8 Å². The molecule has 1 aliphatic carbocycles. The van der Waals surface area contributed by atoms with Crippen LogP contribution in [0, 0.1) is 0 Å². The van der Waals surface area contributed by atoms with Crippen molar-refractivity contribution in [2.45, 2.75) is 25.7 Å². The number of imide groups is 1. The van der Waals surface area contributed by atoms with E-state index in [1.54, 1.807) is 0 Å². The molecule has 0 bridgehead atoms. The molecule has 0 saturated carbocycles. The quantitative estimate of drug-likeness (QED) is 0.772. The molecule has 7 nitrogen and oxygen atoms in total. The summed E-state index contributed by atoms with van der Waals surface area (Å²) >= 11 is 6.12. The SMILES string of the molecule is O=C1CNC(=O)N1CCNc1nc(-c2cccc(Cl)c2)nc2c1CCCC2. The van der Waals surface area contributed by atoms with Crippen LogP contribution in [0.2, 0.25) is 5.02 Å². The molecule has 2 aliphatic rings. The van der Waals surface area contributed by atoms with Crippen molar-refractivity contribution in [3.05, 3.63) is 40.5 Å². The van der Waals surface area contributed by atoms with E-state index in [4.69, 9.17) is 21.6 Å². The summed E-state index contributed by atoms with van der Waals surface area (Å²) in [6.07, 6.45) is 4.07. The van der Waals surface area contributed by atoms with Crippen LogP contribution >= 0.6 is 11.6 Å². The molecule has 8 heteroatoms. The van der Waals surface area contributed by atoms with Crippen molar-refractivity contribution in [2.24, 2.45) is 0 Å². The number of urea groups is 1. The van der Waals surface area contributed by atoms with Crippen molar-refractivity contribution >= 4 is 29.4 Å². The minimum atomic E-state index is -0.342. The number of benzene rings is 1. The molecule has 0 spiro atoms. The van der Waals surface area contributed by atoms with Crippen molar-refractivity contribution in [3.8, 4) is 11.4 Å². The van der Waals surface area contributed by atoms with Gasteiger partial charge < -0.3 is 10.6 Å². The number of hydrogen-bond donors (Lipinski definition) is 2. The topological polar surface area (TPSA) is 87.2 Å². The lowest BCUT2D eigenvalue weighted by Crippen LogP contribution is -2.35. The van der Waals surface area contributed by atoms with Gasteiger partial charge >= 0.3 is 6.03 Å². The van der Waals surface area contributed by atoms with Crippen molar-refractivity contribution in [1.82, 2.24) is 20.2 Å². The van der Waals surface area contributed by atoms with Gasteiger partial charge in [0.25, 0.3) is 0 Å². The molecule has 2 aromatic rings. The van der Waals surface area contributed by atoms with E-state index < -0.39 is 0 Å². The first-order valence-corrected chi connectivity index (χ1v) is 9.47. The average molecular weight is 386 g/mol. The number of amides is 3. The first-order valence-electron chi connectivity index (χ1n) is 9.09. The lowest BCUT2D eigenvalue weighted by Gasteiger charge is -2.21. The molecule has 1 fully saturated rings. The van der Waals surface area contributed by atoms with Gasteiger partial charge in [-0.15, -0.1) is 0 Å². The third-order valence-corrected chi connectivity index (χ3v) is 5.07. The minimum absolute atomic E-state index is 0.0701. The summed E-state index contributed by atoms with van der Waals surface area (Å²) in [6, 6.07) is 7.15. The fourth-order valence-corrected chi connectivity index (χ4v) is 3.65. The smallest absolute Gasteiger partial charge is 0.324 e. The van der Waals surface area contributed by atoms with Crippen LogP contribution in [0.25, 0.3) is 11.4 Å². The Bertz CT molecular complexity index is 886. The maximum absolute atomic E-state index is 11.7. The Morgan fingerprint density at radius 1 is 1.19 bits per heavy atom. The molecule has 3 amide bonds. The summed E-state index contributed by atoms with van der Waals surface area (Å²) in [5.41, 5.74) is 3.06. The van der Waals surface area contributed by atoms with Gasteiger partial charge in [0.05, 0.1) is 6.54 Å². The number of aryl methyl sites for hydroxylation is 1. The van der Waals surface area contributed by atoms with E-state index in [0.29, 0.717) is 23.9 Å². The maximum Gasteiger partial charge on any atom is 0.324 e. The van der Waals surface area contributed by atoms with E-state index in [2.05, 4.69) is 10.6 Å². The molecule has 27 heavy (non-hydrogen) atoms. The van der Waals surface area contributed by atoms with E-state index in [9.17, 15) is 9.59 Å². The van der Waals surface area contributed by atoms with Gasteiger partial charge in [-0.25, -0.2) is 14.8 Å². The number of nitrogens with one attached hydrogen (secondary N) is 2. The number of hydrogen-bond acceptors (Lipinski definition) is 5. The van der Waals surface area contributed by atoms with Crippen molar-refractivity contribution in [1.29, 1.82) is 0 Å². The number of rotatable bonds is 5. The highest BCUT2D eigenvalue weighted by molar-refractivity contribution is 6.30. The van der Waals surface area contributed by atoms with E-state index in [-0.39, 0.29) is 18.5 Å². The Kier molecular flexibility index (Phi) is 4.94. The highest BCUT2D eigenvalue weighted by Crippen LogP contribution is 2.29. The van der Waals surface area contributed by atoms with Crippen LogP contribution in [0.1, 0.15) is 24.1 Å². The van der Waals surface area contributed by atoms with Gasteiger partial charge in [0.1, 0.15) is 5.82 Å². The van der Waals surface area contributed by atoms with Gasteiger partial charge in [0, 0.05) is 34.9 Å². The lowest BCUT2D eigenvalue weighted by atomic mass is 9.96. The number of anilines is 1. The van der Waals surface area contributed by atoms with Crippen molar-refractivity contribution in [2.75, 3.05) is 25.0 Å². The molecule has 0 atom stereocenters. The number of carbonyl (C=O) groups excluding carboxylic acids is 2. The first-order chi connectivity index (χ1) is 13.1. The number of halogens is 1. The Labute approximate surface area is 162 Å². The highest BCUT2D eigenvalue weighted by Gasteiger charge is 2.28. The standard InChI is InChI=1S/C19H20ClN5O2/c20-13-5-3-4-12(10-13)17-23-15-7-2-1-6-14(15)18(24-17)21-8-9-25-16(26)11-22-19(25)27/h3-5,10H,1-2,6-9,11H2,(H,22,27)(H,21,23,24). The minimum Gasteiger partial charge on any atom is -0.368 e. The summed E-state index contributed by atoms with van der Waals surface area (Å²) in [7, 11) is 0. The number of carbonyl (C=O) groups is 2. The molecule has 1 saturated heterocycles. The Balaban J connectivity index is 1.58. The van der Waals surface area contributed by atoms with Crippen LogP contribution in [-0.4, -0.2) is 46.4 Å². The Morgan fingerprint density at radius 2 is 2.04 bits per heavy atom. The summed E-state index contributed by atoms with van der Waals surface area (Å²) < 4.78 is 0. The van der Waals surface area contributed by atoms with Crippen LogP contribution < -0.4 is 10.6 Å². The molecule has 2 heterocycles. The highest BCUT2D eigenvalue weighted by atomic mass is 35.5. The molecule has 4 rings (SSSR count). The van der Waals surface area contributed by atoms with Gasteiger partial charge in [-0.2, -0.15) is 0 Å². The van der Waals surface area contributed by atoms with Crippen molar-refractivity contribution < 1.29 is 9.59 Å². The zero-order chi connectivity index (χ0) is 18.8. The largest absolute Gasteiger partial charge is 0.368 e.